The molecule has 10 heteroatoms. The predicted octanol–water partition coefficient (Wildman–Crippen LogP) is 2.04. The van der Waals surface area contributed by atoms with Crippen molar-refractivity contribution in [2.24, 2.45) is 5.73 Å². The van der Waals surface area contributed by atoms with E-state index in [0.29, 0.717) is 44.3 Å². The molecule has 1 aliphatic carbocycles. The number of carbonyl (C=O) groups excluding carboxylic acids is 2. The zero-order chi connectivity index (χ0) is 19.2. The first-order chi connectivity index (χ1) is 13.1. The van der Waals surface area contributed by atoms with Crippen molar-refractivity contribution in [2.45, 2.75) is 44.6 Å². The van der Waals surface area contributed by atoms with Crippen LogP contribution < -0.4 is 5.73 Å². The van der Waals surface area contributed by atoms with Gasteiger partial charge in [-0.2, -0.15) is 0 Å². The molecule has 1 aliphatic heterocycles. The van der Waals surface area contributed by atoms with E-state index in [1.54, 1.807) is 0 Å². The van der Waals surface area contributed by atoms with E-state index in [1.165, 1.54) is 30.6 Å². The normalized spacial score (nSPS) is 17.9. The van der Waals surface area contributed by atoms with E-state index in [0.717, 1.165) is 30.9 Å². The van der Waals surface area contributed by atoms with Crippen LogP contribution in [-0.2, 0) is 11.2 Å². The summed E-state index contributed by atoms with van der Waals surface area (Å²) in [6, 6.07) is 0.404. The van der Waals surface area contributed by atoms with Gasteiger partial charge in [-0.15, -0.1) is 36.2 Å². The standard InChI is InChI=1S/C19H31N5O2S.2ClH/c1-22(15-5-3-2-4-6-15)18(25)13-23-9-11-24(12-10-23)19(26)16-14-27-17(21-16)7-8-20;;/h14-15H,2-13,20H2,1H3;2*1H. The van der Waals surface area contributed by atoms with Crippen molar-refractivity contribution in [3.63, 3.8) is 0 Å². The lowest BCUT2D eigenvalue weighted by Gasteiger charge is -2.36. The lowest BCUT2D eigenvalue weighted by molar-refractivity contribution is -0.134. The van der Waals surface area contributed by atoms with E-state index in [2.05, 4.69) is 9.88 Å². The van der Waals surface area contributed by atoms with Gasteiger partial charge in [0.15, 0.2) is 0 Å². The van der Waals surface area contributed by atoms with Gasteiger partial charge in [-0.25, -0.2) is 4.98 Å². The Labute approximate surface area is 189 Å². The number of nitrogens with two attached hydrogens (primary N) is 1. The van der Waals surface area contributed by atoms with Gasteiger partial charge < -0.3 is 15.5 Å². The van der Waals surface area contributed by atoms with Gasteiger partial charge in [0.05, 0.1) is 11.6 Å². The fourth-order valence-corrected chi connectivity index (χ4v) is 4.68. The third kappa shape index (κ3) is 7.07. The van der Waals surface area contributed by atoms with Crippen LogP contribution in [0.15, 0.2) is 5.38 Å². The van der Waals surface area contributed by atoms with Crippen LogP contribution in [0, 0.1) is 0 Å². The van der Waals surface area contributed by atoms with Crippen molar-refractivity contribution in [1.29, 1.82) is 0 Å². The molecule has 2 amide bonds. The second kappa shape index (κ2) is 12.7. The first kappa shape index (κ1) is 26.1. The first-order valence-corrected chi connectivity index (χ1v) is 10.9. The van der Waals surface area contributed by atoms with Crippen LogP contribution in [0.25, 0.3) is 0 Å². The SMILES string of the molecule is CN(C(=O)CN1CCN(C(=O)c2csc(CCN)n2)CC1)C1CCCCC1.Cl.Cl. The van der Waals surface area contributed by atoms with Gasteiger partial charge in [0.2, 0.25) is 5.91 Å². The monoisotopic (exact) mass is 465 g/mol. The molecule has 0 bridgehead atoms. The third-order valence-electron chi connectivity index (χ3n) is 5.66. The van der Waals surface area contributed by atoms with Gasteiger partial charge in [-0.05, 0) is 19.4 Å². The minimum Gasteiger partial charge on any atom is -0.342 e. The minimum absolute atomic E-state index is 0. The smallest absolute Gasteiger partial charge is 0.273 e. The van der Waals surface area contributed by atoms with Crippen LogP contribution in [-0.4, -0.2) is 83.9 Å². The van der Waals surface area contributed by atoms with Gasteiger partial charge in [0, 0.05) is 51.1 Å². The summed E-state index contributed by atoms with van der Waals surface area (Å²) in [6.45, 7) is 3.74. The molecule has 166 valence electrons. The Morgan fingerprint density at radius 1 is 1.17 bits per heavy atom. The summed E-state index contributed by atoms with van der Waals surface area (Å²) in [4.78, 5) is 35.5. The number of aromatic nitrogens is 1. The molecule has 2 N–H and O–H groups in total. The van der Waals surface area contributed by atoms with Crippen molar-refractivity contribution in [3.05, 3.63) is 16.1 Å². The van der Waals surface area contributed by atoms with Crippen LogP contribution in [0.1, 0.15) is 47.6 Å². The second-order valence-corrected chi connectivity index (χ2v) is 8.47. The van der Waals surface area contributed by atoms with Gasteiger partial charge in [0.25, 0.3) is 5.91 Å². The Morgan fingerprint density at radius 2 is 1.83 bits per heavy atom. The molecule has 0 radical (unpaired) electrons. The van der Waals surface area contributed by atoms with Crippen LogP contribution in [0.4, 0.5) is 0 Å². The van der Waals surface area contributed by atoms with Gasteiger partial charge in [-0.1, -0.05) is 19.3 Å². The second-order valence-electron chi connectivity index (χ2n) is 7.53. The van der Waals surface area contributed by atoms with Gasteiger partial charge >= 0.3 is 0 Å². The highest BCUT2D eigenvalue weighted by molar-refractivity contribution is 7.09. The zero-order valence-corrected chi connectivity index (χ0v) is 19.5. The minimum atomic E-state index is -0.0141. The average Bonchev–Trinajstić information content (AvgIpc) is 3.17. The molecular formula is C19H33Cl2N5O2S. The number of amides is 2. The molecule has 2 aliphatic rings. The molecule has 0 aromatic carbocycles. The molecule has 1 saturated heterocycles. The largest absolute Gasteiger partial charge is 0.342 e. The Hall–Kier alpha value is -0.930. The molecule has 0 atom stereocenters. The maximum atomic E-state index is 12.6. The lowest BCUT2D eigenvalue weighted by atomic mass is 9.94. The maximum absolute atomic E-state index is 12.6. The van der Waals surface area contributed by atoms with Crippen LogP contribution in [0.3, 0.4) is 0 Å². The highest BCUT2D eigenvalue weighted by Gasteiger charge is 2.27. The van der Waals surface area contributed by atoms with Crippen molar-refractivity contribution >= 4 is 48.0 Å². The van der Waals surface area contributed by atoms with Crippen LogP contribution in [0.5, 0.6) is 0 Å². The number of piperazine rings is 1. The van der Waals surface area contributed by atoms with E-state index >= 15 is 0 Å². The molecular weight excluding hydrogens is 433 g/mol. The van der Waals surface area contributed by atoms with Crippen molar-refractivity contribution < 1.29 is 9.59 Å². The molecule has 7 nitrogen and oxygen atoms in total. The van der Waals surface area contributed by atoms with Crippen molar-refractivity contribution in [2.75, 3.05) is 46.3 Å². The van der Waals surface area contributed by atoms with Crippen LogP contribution >= 0.6 is 36.2 Å². The summed E-state index contributed by atoms with van der Waals surface area (Å²) in [6.07, 6.45) is 6.72. The van der Waals surface area contributed by atoms with E-state index in [-0.39, 0.29) is 36.6 Å². The Balaban J connectivity index is 0.00000210. The van der Waals surface area contributed by atoms with E-state index < -0.39 is 0 Å². The number of halogens is 2. The average molecular weight is 466 g/mol. The number of rotatable bonds is 6. The Kier molecular flexibility index (Phi) is 11.4. The molecule has 29 heavy (non-hydrogen) atoms. The quantitative estimate of drug-likeness (QED) is 0.694. The summed E-state index contributed by atoms with van der Waals surface area (Å²) in [5.74, 6) is 0.187. The fourth-order valence-electron chi connectivity index (χ4n) is 3.89. The highest BCUT2D eigenvalue weighted by Crippen LogP contribution is 2.22. The lowest BCUT2D eigenvalue weighted by Crippen LogP contribution is -2.52. The summed E-state index contributed by atoms with van der Waals surface area (Å²) in [5, 5.41) is 2.73. The molecule has 3 rings (SSSR count). The Morgan fingerprint density at radius 3 is 2.45 bits per heavy atom. The fraction of sp³-hybridized carbons (Fsp3) is 0.737. The summed E-state index contributed by atoms with van der Waals surface area (Å²) < 4.78 is 0. The molecule has 2 fully saturated rings. The van der Waals surface area contributed by atoms with E-state index in [9.17, 15) is 9.59 Å². The molecule has 0 spiro atoms. The summed E-state index contributed by atoms with van der Waals surface area (Å²) in [5.41, 5.74) is 6.07. The van der Waals surface area contributed by atoms with Crippen LogP contribution in [0.2, 0.25) is 0 Å². The van der Waals surface area contributed by atoms with Gasteiger partial charge in [-0.3, -0.25) is 14.5 Å². The van der Waals surface area contributed by atoms with Crippen molar-refractivity contribution in [3.8, 4) is 0 Å². The predicted molar refractivity (Wildman–Crippen MR) is 121 cm³/mol. The Bertz CT molecular complexity index is 646. The maximum Gasteiger partial charge on any atom is 0.273 e. The number of likely N-dealkylation sites (N-methyl/N-ethyl adjacent to an activating group) is 1. The number of hydrogen-bond acceptors (Lipinski definition) is 6. The number of carbonyl (C=O) groups is 2. The first-order valence-electron chi connectivity index (χ1n) is 10.00. The van der Waals surface area contributed by atoms with Crippen molar-refractivity contribution in [1.82, 2.24) is 19.7 Å². The van der Waals surface area contributed by atoms with Gasteiger partial charge in [0.1, 0.15) is 5.69 Å². The molecule has 1 saturated carbocycles. The van der Waals surface area contributed by atoms with E-state index in [1.807, 2.05) is 22.2 Å². The summed E-state index contributed by atoms with van der Waals surface area (Å²) >= 11 is 1.49. The molecule has 1 aromatic heterocycles. The topological polar surface area (TPSA) is 82.8 Å². The molecule has 2 heterocycles. The number of hydrogen-bond donors (Lipinski definition) is 1. The summed E-state index contributed by atoms with van der Waals surface area (Å²) in [7, 11) is 1.94. The third-order valence-corrected chi connectivity index (χ3v) is 6.57. The zero-order valence-electron chi connectivity index (χ0n) is 17.0. The number of nitrogens with zero attached hydrogens (tertiary/aromatic N) is 4. The molecule has 0 unspecified atom stereocenters. The number of thiazole rings is 1. The van der Waals surface area contributed by atoms with E-state index in [4.69, 9.17) is 5.73 Å². The highest BCUT2D eigenvalue weighted by atomic mass is 35.5. The molecule has 1 aromatic rings.